The molecule has 0 spiro atoms. The van der Waals surface area contributed by atoms with Crippen molar-refractivity contribution in [1.82, 2.24) is 15.3 Å². The minimum atomic E-state index is 0.899. The second-order valence-electron chi connectivity index (χ2n) is 4.20. The number of aromatic nitrogens is 2. The van der Waals surface area contributed by atoms with Crippen LogP contribution in [0.4, 0.5) is 0 Å². The van der Waals surface area contributed by atoms with Crippen LogP contribution in [0.1, 0.15) is 17.0 Å². The number of rotatable bonds is 1. The normalized spacial score (nSPS) is 15.1. The Kier molecular flexibility index (Phi) is 2.11. The first-order valence-corrected chi connectivity index (χ1v) is 5.55. The molecule has 0 bridgehead atoms. The van der Waals surface area contributed by atoms with E-state index in [1.54, 1.807) is 7.11 Å². The summed E-state index contributed by atoms with van der Waals surface area (Å²) in [5, 5.41) is 4.52. The van der Waals surface area contributed by atoms with Crippen LogP contribution in [0, 0.1) is 6.92 Å². The van der Waals surface area contributed by atoms with E-state index in [-0.39, 0.29) is 0 Å². The van der Waals surface area contributed by atoms with Crippen LogP contribution < -0.4 is 10.1 Å². The second kappa shape index (κ2) is 3.49. The van der Waals surface area contributed by atoms with Crippen LogP contribution in [-0.2, 0) is 13.0 Å². The number of nitrogens with zero attached hydrogens (tertiary/aromatic N) is 1. The molecule has 1 aliphatic rings. The molecule has 0 radical (unpaired) electrons. The van der Waals surface area contributed by atoms with Crippen molar-refractivity contribution >= 4 is 11.0 Å². The predicted octanol–water partition coefficient (Wildman–Crippen LogP) is 1.53. The quantitative estimate of drug-likeness (QED) is 0.761. The van der Waals surface area contributed by atoms with Crippen LogP contribution in [0.5, 0.6) is 5.75 Å². The molecule has 2 aromatic heterocycles. The highest BCUT2D eigenvalue weighted by Gasteiger charge is 2.19. The lowest BCUT2D eigenvalue weighted by Gasteiger charge is -2.13. The van der Waals surface area contributed by atoms with Gasteiger partial charge in [-0.05, 0) is 12.5 Å². The standard InChI is InChI=1S/C12H15N3O/c1-7-5-10(16-2)11-8-6-13-4-3-9(8)15-12(11)14-7/h5,13H,3-4,6H2,1-2H3,(H,14,15). The minimum absolute atomic E-state index is 0.899. The zero-order chi connectivity index (χ0) is 11.1. The van der Waals surface area contributed by atoms with Crippen LogP contribution >= 0.6 is 0 Å². The maximum absolute atomic E-state index is 5.44. The van der Waals surface area contributed by atoms with Crippen molar-refractivity contribution < 1.29 is 4.74 Å². The average molecular weight is 217 g/mol. The molecule has 0 saturated carbocycles. The average Bonchev–Trinajstić information content (AvgIpc) is 2.65. The van der Waals surface area contributed by atoms with Gasteiger partial charge >= 0.3 is 0 Å². The molecule has 0 unspecified atom stereocenters. The molecule has 0 amide bonds. The van der Waals surface area contributed by atoms with Gasteiger partial charge in [0.25, 0.3) is 0 Å². The number of ether oxygens (including phenoxy) is 1. The highest BCUT2D eigenvalue weighted by atomic mass is 16.5. The van der Waals surface area contributed by atoms with E-state index in [1.807, 2.05) is 13.0 Å². The monoisotopic (exact) mass is 217 g/mol. The number of aromatic amines is 1. The fraction of sp³-hybridized carbons (Fsp3) is 0.417. The highest BCUT2D eigenvalue weighted by molar-refractivity contribution is 5.88. The molecule has 0 atom stereocenters. The lowest BCUT2D eigenvalue weighted by molar-refractivity contribution is 0.418. The van der Waals surface area contributed by atoms with Gasteiger partial charge in [-0.25, -0.2) is 4.98 Å². The Bertz CT molecular complexity index is 545. The van der Waals surface area contributed by atoms with Crippen LogP contribution in [0.2, 0.25) is 0 Å². The summed E-state index contributed by atoms with van der Waals surface area (Å²) < 4.78 is 5.44. The highest BCUT2D eigenvalue weighted by Crippen LogP contribution is 2.32. The molecule has 2 N–H and O–H groups in total. The van der Waals surface area contributed by atoms with Crippen molar-refractivity contribution in [3.05, 3.63) is 23.0 Å². The van der Waals surface area contributed by atoms with Crippen LogP contribution in [0.15, 0.2) is 6.07 Å². The molecule has 1 aliphatic heterocycles. The Morgan fingerprint density at radius 2 is 2.31 bits per heavy atom. The molecule has 3 heterocycles. The van der Waals surface area contributed by atoms with E-state index < -0.39 is 0 Å². The summed E-state index contributed by atoms with van der Waals surface area (Å²) in [6.07, 6.45) is 1.04. The van der Waals surface area contributed by atoms with Gasteiger partial charge in [0.05, 0.1) is 12.5 Å². The SMILES string of the molecule is COc1cc(C)nc2[nH]c3c(c12)CNCC3. The fourth-order valence-corrected chi connectivity index (χ4v) is 2.39. The summed E-state index contributed by atoms with van der Waals surface area (Å²) >= 11 is 0. The van der Waals surface area contributed by atoms with E-state index in [9.17, 15) is 0 Å². The molecule has 3 rings (SSSR count). The molecule has 84 valence electrons. The van der Waals surface area contributed by atoms with E-state index >= 15 is 0 Å². The second-order valence-corrected chi connectivity index (χ2v) is 4.20. The molecular formula is C12H15N3O. The first kappa shape index (κ1) is 9.66. The largest absolute Gasteiger partial charge is 0.496 e. The Morgan fingerprint density at radius 1 is 1.44 bits per heavy atom. The summed E-state index contributed by atoms with van der Waals surface area (Å²) in [5.74, 6) is 0.920. The molecular weight excluding hydrogens is 202 g/mol. The molecule has 4 heteroatoms. The fourth-order valence-electron chi connectivity index (χ4n) is 2.39. The smallest absolute Gasteiger partial charge is 0.141 e. The van der Waals surface area contributed by atoms with Gasteiger partial charge in [-0.1, -0.05) is 0 Å². The van der Waals surface area contributed by atoms with E-state index in [1.165, 1.54) is 11.3 Å². The third kappa shape index (κ3) is 1.30. The van der Waals surface area contributed by atoms with E-state index in [0.29, 0.717) is 0 Å². The van der Waals surface area contributed by atoms with Gasteiger partial charge in [0.1, 0.15) is 11.4 Å². The van der Waals surface area contributed by atoms with Gasteiger partial charge < -0.3 is 15.0 Å². The van der Waals surface area contributed by atoms with E-state index in [4.69, 9.17) is 4.74 Å². The number of hydrogen-bond donors (Lipinski definition) is 2. The molecule has 16 heavy (non-hydrogen) atoms. The number of H-pyrrole nitrogens is 1. The van der Waals surface area contributed by atoms with Gasteiger partial charge in [-0.2, -0.15) is 0 Å². The zero-order valence-electron chi connectivity index (χ0n) is 9.55. The van der Waals surface area contributed by atoms with Crippen molar-refractivity contribution in [3.63, 3.8) is 0 Å². The number of nitrogens with one attached hydrogen (secondary N) is 2. The first-order chi connectivity index (χ1) is 7.79. The van der Waals surface area contributed by atoms with Crippen LogP contribution in [0.3, 0.4) is 0 Å². The van der Waals surface area contributed by atoms with Crippen molar-refractivity contribution in [1.29, 1.82) is 0 Å². The molecule has 4 nitrogen and oxygen atoms in total. The summed E-state index contributed by atoms with van der Waals surface area (Å²) in [6, 6.07) is 1.99. The van der Waals surface area contributed by atoms with Crippen molar-refractivity contribution in [2.24, 2.45) is 0 Å². The van der Waals surface area contributed by atoms with E-state index in [2.05, 4.69) is 15.3 Å². The van der Waals surface area contributed by atoms with Gasteiger partial charge in [-0.15, -0.1) is 0 Å². The maximum Gasteiger partial charge on any atom is 0.141 e. The van der Waals surface area contributed by atoms with Crippen molar-refractivity contribution in [3.8, 4) is 5.75 Å². The van der Waals surface area contributed by atoms with Gasteiger partial charge in [-0.3, -0.25) is 0 Å². The van der Waals surface area contributed by atoms with Gasteiger partial charge in [0, 0.05) is 37.0 Å². The Labute approximate surface area is 94.0 Å². The molecule has 0 aromatic carbocycles. The third-order valence-corrected chi connectivity index (χ3v) is 3.12. The summed E-state index contributed by atoms with van der Waals surface area (Å²) in [6.45, 7) is 3.91. The maximum atomic E-state index is 5.44. The number of aryl methyl sites for hydroxylation is 1. The van der Waals surface area contributed by atoms with Crippen molar-refractivity contribution in [2.75, 3.05) is 13.7 Å². The summed E-state index contributed by atoms with van der Waals surface area (Å²) in [4.78, 5) is 7.93. The van der Waals surface area contributed by atoms with Gasteiger partial charge in [0.2, 0.25) is 0 Å². The predicted molar refractivity (Wildman–Crippen MR) is 62.8 cm³/mol. The number of fused-ring (bicyclic) bond motifs is 3. The third-order valence-electron chi connectivity index (χ3n) is 3.12. The van der Waals surface area contributed by atoms with Crippen molar-refractivity contribution in [2.45, 2.75) is 19.9 Å². The lowest BCUT2D eigenvalue weighted by atomic mass is 10.1. The molecule has 0 saturated heterocycles. The summed E-state index contributed by atoms with van der Waals surface area (Å²) in [5.41, 5.74) is 4.54. The van der Waals surface area contributed by atoms with Crippen LogP contribution in [0.25, 0.3) is 11.0 Å². The molecule has 0 aliphatic carbocycles. The first-order valence-electron chi connectivity index (χ1n) is 5.55. The van der Waals surface area contributed by atoms with E-state index in [0.717, 1.165) is 42.0 Å². The number of pyridine rings is 1. The minimum Gasteiger partial charge on any atom is -0.496 e. The Hall–Kier alpha value is -1.55. The Morgan fingerprint density at radius 3 is 3.12 bits per heavy atom. The zero-order valence-corrected chi connectivity index (χ0v) is 9.55. The number of methoxy groups -OCH3 is 1. The molecule has 0 fully saturated rings. The lowest BCUT2D eigenvalue weighted by Crippen LogP contribution is -2.22. The molecule has 2 aromatic rings. The Balaban J connectivity index is 2.34. The van der Waals surface area contributed by atoms with Gasteiger partial charge in [0.15, 0.2) is 0 Å². The number of hydrogen-bond acceptors (Lipinski definition) is 3. The summed E-state index contributed by atoms with van der Waals surface area (Å²) in [7, 11) is 1.71. The topological polar surface area (TPSA) is 49.9 Å². The van der Waals surface area contributed by atoms with Crippen LogP contribution in [-0.4, -0.2) is 23.6 Å².